The van der Waals surface area contributed by atoms with E-state index in [-0.39, 0.29) is 17.8 Å². The van der Waals surface area contributed by atoms with Gasteiger partial charge in [0.2, 0.25) is 0 Å². The minimum Gasteiger partial charge on any atom is -0.494 e. The number of hydrogen-bond donors (Lipinski definition) is 0. The predicted octanol–water partition coefficient (Wildman–Crippen LogP) is 8.42. The van der Waals surface area contributed by atoms with Crippen LogP contribution in [0.25, 0.3) is 11.1 Å². The third-order valence-corrected chi connectivity index (χ3v) is 6.97. The second kappa shape index (κ2) is 19.7. The Labute approximate surface area is 260 Å². The van der Waals surface area contributed by atoms with E-state index in [4.69, 9.17) is 18.9 Å². The number of hydrogen-bond acceptors (Lipinski definition) is 6. The maximum atomic E-state index is 15.1. The van der Waals surface area contributed by atoms with Gasteiger partial charge in [-0.3, -0.25) is 0 Å². The van der Waals surface area contributed by atoms with E-state index in [1.54, 1.807) is 6.07 Å². The first-order valence-corrected chi connectivity index (χ1v) is 15.3. The first-order chi connectivity index (χ1) is 21.5. The van der Waals surface area contributed by atoms with Crippen LogP contribution in [0.15, 0.2) is 92.0 Å². The van der Waals surface area contributed by atoms with Gasteiger partial charge in [-0.1, -0.05) is 49.6 Å². The third-order valence-electron chi connectivity index (χ3n) is 6.97. The molecule has 0 aromatic heterocycles. The van der Waals surface area contributed by atoms with Crippen LogP contribution in [0.2, 0.25) is 0 Å². The fourth-order valence-electron chi connectivity index (χ4n) is 4.53. The highest BCUT2D eigenvalue weighted by Gasteiger charge is 2.08. The van der Waals surface area contributed by atoms with Gasteiger partial charge in [-0.25, -0.2) is 14.0 Å². The molecule has 0 N–H and O–H groups in total. The zero-order chi connectivity index (χ0) is 31.4. The fraction of sp³-hybridized carbons (Fsp3) is 0.351. The molecule has 3 rings (SSSR count). The maximum Gasteiger partial charge on any atom is 0.330 e. The number of esters is 2. The molecule has 0 fully saturated rings. The lowest BCUT2D eigenvalue weighted by molar-refractivity contribution is -0.138. The van der Waals surface area contributed by atoms with Crippen molar-refractivity contribution in [2.24, 2.45) is 0 Å². The Morgan fingerprint density at radius 1 is 0.591 bits per heavy atom. The van der Waals surface area contributed by atoms with Crippen LogP contribution in [0, 0.1) is 5.82 Å². The summed E-state index contributed by atoms with van der Waals surface area (Å²) in [4.78, 5) is 22.0. The zero-order valence-corrected chi connectivity index (χ0v) is 25.4. The zero-order valence-electron chi connectivity index (χ0n) is 25.4. The summed E-state index contributed by atoms with van der Waals surface area (Å²) in [5.74, 6) is 0.543. The average Bonchev–Trinajstić information content (AvgIpc) is 3.04. The van der Waals surface area contributed by atoms with Crippen molar-refractivity contribution in [2.75, 3.05) is 26.4 Å². The minimum absolute atomic E-state index is 0.256. The molecule has 3 aromatic rings. The van der Waals surface area contributed by atoms with Crippen LogP contribution in [0.1, 0.15) is 62.5 Å². The Morgan fingerprint density at radius 2 is 1.05 bits per heavy atom. The smallest absolute Gasteiger partial charge is 0.330 e. The molecule has 0 radical (unpaired) electrons. The molecule has 0 heterocycles. The van der Waals surface area contributed by atoms with Crippen molar-refractivity contribution < 1.29 is 32.9 Å². The van der Waals surface area contributed by atoms with Gasteiger partial charge in [0.15, 0.2) is 0 Å². The first-order valence-electron chi connectivity index (χ1n) is 15.3. The van der Waals surface area contributed by atoms with Crippen molar-refractivity contribution in [3.8, 4) is 22.6 Å². The van der Waals surface area contributed by atoms with Crippen LogP contribution in [-0.2, 0) is 25.5 Å². The molecule has 0 spiro atoms. The molecule has 0 unspecified atom stereocenters. The van der Waals surface area contributed by atoms with E-state index >= 15 is 4.39 Å². The van der Waals surface area contributed by atoms with Gasteiger partial charge in [0.05, 0.1) is 26.4 Å². The molecule has 7 heteroatoms. The molecule has 3 aromatic carbocycles. The van der Waals surface area contributed by atoms with Gasteiger partial charge in [-0.2, -0.15) is 0 Å². The highest BCUT2D eigenvalue weighted by molar-refractivity contribution is 5.81. The molecule has 0 saturated carbocycles. The van der Waals surface area contributed by atoms with Crippen LogP contribution in [-0.4, -0.2) is 38.4 Å². The molecular weight excluding hydrogens is 559 g/mol. The fourth-order valence-corrected chi connectivity index (χ4v) is 4.53. The lowest BCUT2D eigenvalue weighted by atomic mass is 9.99. The second-order valence-electron chi connectivity index (χ2n) is 10.4. The second-order valence-corrected chi connectivity index (χ2v) is 10.4. The summed E-state index contributed by atoms with van der Waals surface area (Å²) in [7, 11) is 0. The van der Waals surface area contributed by atoms with E-state index in [0.29, 0.717) is 38.4 Å². The Morgan fingerprint density at radius 3 is 1.52 bits per heavy atom. The van der Waals surface area contributed by atoms with E-state index in [0.717, 1.165) is 79.6 Å². The van der Waals surface area contributed by atoms with Crippen LogP contribution in [0.4, 0.5) is 4.39 Å². The number of carbonyl (C=O) groups excluding carboxylic acids is 2. The predicted molar refractivity (Wildman–Crippen MR) is 171 cm³/mol. The van der Waals surface area contributed by atoms with Crippen LogP contribution in [0.5, 0.6) is 11.5 Å². The maximum absolute atomic E-state index is 15.1. The van der Waals surface area contributed by atoms with Crippen LogP contribution in [0.3, 0.4) is 0 Å². The van der Waals surface area contributed by atoms with Crippen LogP contribution >= 0.6 is 0 Å². The number of carbonyl (C=O) groups is 2. The first kappa shape index (κ1) is 34.1. The number of halogens is 1. The highest BCUT2D eigenvalue weighted by Crippen LogP contribution is 2.27. The van der Waals surface area contributed by atoms with Crippen LogP contribution < -0.4 is 9.47 Å². The molecule has 0 aliphatic rings. The Kier molecular flexibility index (Phi) is 15.3. The molecule has 0 bridgehead atoms. The molecule has 0 aliphatic carbocycles. The quantitative estimate of drug-likeness (QED) is 0.0693. The standard InChI is InChI=1S/C37H43FO6/c1-3-36(39)43-25-11-7-5-9-23-41-32-18-13-29(14-19-32)27-30-15-22-34(35(38)28-30)31-16-20-33(21-17-31)42-24-10-6-8-12-26-44-37(40)4-2/h3-4,13-22,28H,1-2,5-12,23-27H2. The molecule has 0 atom stereocenters. The summed E-state index contributed by atoms with van der Waals surface area (Å²) >= 11 is 0. The normalized spacial score (nSPS) is 10.6. The van der Waals surface area contributed by atoms with Gasteiger partial charge in [0.25, 0.3) is 0 Å². The minimum atomic E-state index is -0.385. The van der Waals surface area contributed by atoms with Crippen molar-refractivity contribution in [3.63, 3.8) is 0 Å². The summed E-state index contributed by atoms with van der Waals surface area (Å²) in [6, 6.07) is 20.8. The molecule has 234 valence electrons. The van der Waals surface area contributed by atoms with Gasteiger partial charge in [0.1, 0.15) is 17.3 Å². The Hall–Kier alpha value is -4.39. The van der Waals surface area contributed by atoms with E-state index in [1.807, 2.05) is 60.7 Å². The van der Waals surface area contributed by atoms with Crippen molar-refractivity contribution in [1.29, 1.82) is 0 Å². The Bertz CT molecular complexity index is 1320. The summed E-state index contributed by atoms with van der Waals surface area (Å²) in [5.41, 5.74) is 3.33. The number of unbranched alkanes of at least 4 members (excludes halogenated alkanes) is 6. The SMILES string of the molecule is C=CC(=O)OCCCCCCOc1ccc(Cc2ccc(-c3ccc(OCCCCCCOC(=O)C=C)cc3)c(F)c2)cc1. The average molecular weight is 603 g/mol. The molecule has 0 saturated heterocycles. The summed E-state index contributed by atoms with van der Waals surface area (Å²) in [6.45, 7) is 8.81. The number of ether oxygens (including phenoxy) is 4. The van der Waals surface area contributed by atoms with Crippen molar-refractivity contribution in [2.45, 2.75) is 57.8 Å². The van der Waals surface area contributed by atoms with E-state index < -0.39 is 0 Å². The molecule has 0 aliphatic heterocycles. The monoisotopic (exact) mass is 602 g/mol. The molecule has 6 nitrogen and oxygen atoms in total. The van der Waals surface area contributed by atoms with Gasteiger partial charge in [0, 0.05) is 17.7 Å². The lowest BCUT2D eigenvalue weighted by Crippen LogP contribution is -2.02. The largest absolute Gasteiger partial charge is 0.494 e. The highest BCUT2D eigenvalue weighted by atomic mass is 19.1. The van der Waals surface area contributed by atoms with E-state index in [2.05, 4.69) is 13.2 Å². The molecular formula is C37H43FO6. The van der Waals surface area contributed by atoms with Crippen molar-refractivity contribution in [3.05, 3.63) is 109 Å². The van der Waals surface area contributed by atoms with Crippen molar-refractivity contribution in [1.82, 2.24) is 0 Å². The van der Waals surface area contributed by atoms with Crippen molar-refractivity contribution >= 4 is 11.9 Å². The van der Waals surface area contributed by atoms with E-state index in [9.17, 15) is 9.59 Å². The lowest BCUT2D eigenvalue weighted by Gasteiger charge is -2.10. The third kappa shape index (κ3) is 12.9. The van der Waals surface area contributed by atoms with Gasteiger partial charge in [-0.05, 0) is 105 Å². The van der Waals surface area contributed by atoms with Gasteiger partial charge >= 0.3 is 11.9 Å². The number of rotatable bonds is 21. The summed E-state index contributed by atoms with van der Waals surface area (Å²) in [5, 5.41) is 0. The molecule has 0 amide bonds. The summed E-state index contributed by atoms with van der Waals surface area (Å²) < 4.78 is 36.6. The van der Waals surface area contributed by atoms with Gasteiger partial charge in [-0.15, -0.1) is 0 Å². The number of benzene rings is 3. The van der Waals surface area contributed by atoms with E-state index in [1.165, 1.54) is 12.2 Å². The van der Waals surface area contributed by atoms with Gasteiger partial charge < -0.3 is 18.9 Å². The Balaban J connectivity index is 1.35. The molecule has 44 heavy (non-hydrogen) atoms. The summed E-state index contributed by atoms with van der Waals surface area (Å²) in [6.07, 6.45) is 10.4. The topological polar surface area (TPSA) is 71.1 Å².